The van der Waals surface area contributed by atoms with Gasteiger partial charge in [-0.05, 0) is 31.6 Å². The van der Waals surface area contributed by atoms with Gasteiger partial charge >= 0.3 is 12.2 Å². The Morgan fingerprint density at radius 2 is 1.90 bits per heavy atom. The van der Waals surface area contributed by atoms with Crippen LogP contribution in [0.15, 0.2) is 0 Å². The second kappa shape index (κ2) is 6.18. The summed E-state index contributed by atoms with van der Waals surface area (Å²) >= 11 is 0. The van der Waals surface area contributed by atoms with Crippen molar-refractivity contribution in [3.05, 3.63) is 0 Å². The number of piperidine rings is 1. The largest absolute Gasteiger partial charge is 0.450 e. The van der Waals surface area contributed by atoms with Crippen LogP contribution in [0.25, 0.3) is 0 Å². The Labute approximate surface area is 169 Å². The number of hydrogen-bond donors (Lipinski definition) is 1. The van der Waals surface area contributed by atoms with Crippen LogP contribution >= 0.6 is 0 Å². The van der Waals surface area contributed by atoms with Gasteiger partial charge in [0.15, 0.2) is 0 Å². The highest BCUT2D eigenvalue weighted by Crippen LogP contribution is 2.58. The predicted octanol–water partition coefficient (Wildman–Crippen LogP) is 2.74. The Kier molecular flexibility index (Phi) is 4.12. The highest BCUT2D eigenvalue weighted by atomic mass is 19.3. The van der Waals surface area contributed by atoms with Crippen LogP contribution in [-0.4, -0.2) is 77.9 Å². The van der Waals surface area contributed by atoms with E-state index in [-0.39, 0.29) is 24.3 Å². The zero-order chi connectivity index (χ0) is 20.5. The summed E-state index contributed by atoms with van der Waals surface area (Å²) in [5.41, 5.74) is -1.49. The monoisotopic (exact) mass is 413 g/mol. The first-order valence-electron chi connectivity index (χ1n) is 10.7. The van der Waals surface area contributed by atoms with Crippen molar-refractivity contribution in [3.8, 4) is 0 Å². The maximum Gasteiger partial charge on any atom is 0.409 e. The predicted molar refractivity (Wildman–Crippen MR) is 98.7 cm³/mol. The van der Waals surface area contributed by atoms with Gasteiger partial charge in [-0.25, -0.2) is 18.4 Å². The van der Waals surface area contributed by atoms with Crippen molar-refractivity contribution in [2.75, 3.05) is 32.8 Å². The van der Waals surface area contributed by atoms with Gasteiger partial charge in [0, 0.05) is 57.9 Å². The fourth-order valence-electron chi connectivity index (χ4n) is 6.52. The summed E-state index contributed by atoms with van der Waals surface area (Å²) in [6, 6.07) is 0.457. The Morgan fingerprint density at radius 1 is 1.21 bits per heavy atom. The summed E-state index contributed by atoms with van der Waals surface area (Å²) in [5.74, 6) is -2.71. The van der Waals surface area contributed by atoms with Crippen molar-refractivity contribution in [2.45, 2.75) is 75.0 Å². The summed E-state index contributed by atoms with van der Waals surface area (Å²) < 4.78 is 38.0. The Hall–Kier alpha value is -1.64. The number of nitrogens with one attached hydrogen (secondary N) is 1. The lowest BCUT2D eigenvalue weighted by Gasteiger charge is -2.57. The Bertz CT molecular complexity index is 709. The molecular weight excluding hydrogens is 384 g/mol. The van der Waals surface area contributed by atoms with Gasteiger partial charge in [0.1, 0.15) is 5.60 Å². The number of ether oxygens (including phenoxy) is 2. The van der Waals surface area contributed by atoms with Crippen molar-refractivity contribution in [2.24, 2.45) is 5.41 Å². The first-order valence-corrected chi connectivity index (χ1v) is 10.7. The van der Waals surface area contributed by atoms with E-state index in [2.05, 4.69) is 10.2 Å². The van der Waals surface area contributed by atoms with E-state index in [0.29, 0.717) is 25.5 Å². The number of amides is 2. The molecule has 2 saturated carbocycles. The van der Waals surface area contributed by atoms with Gasteiger partial charge in [-0.1, -0.05) is 0 Å². The van der Waals surface area contributed by atoms with Gasteiger partial charge < -0.3 is 24.6 Å². The number of likely N-dealkylation sites (tertiary alicyclic amines) is 2. The van der Waals surface area contributed by atoms with Crippen LogP contribution in [-0.2, 0) is 9.47 Å². The van der Waals surface area contributed by atoms with Crippen LogP contribution in [0.3, 0.4) is 0 Å². The average molecular weight is 413 g/mol. The second-order valence-electron chi connectivity index (χ2n) is 9.77. The van der Waals surface area contributed by atoms with E-state index in [1.807, 2.05) is 11.8 Å². The van der Waals surface area contributed by atoms with Crippen molar-refractivity contribution < 1.29 is 27.8 Å². The Balaban J connectivity index is 1.16. The third-order valence-electron chi connectivity index (χ3n) is 8.05. The van der Waals surface area contributed by atoms with E-state index in [0.717, 1.165) is 45.4 Å². The van der Waals surface area contributed by atoms with Crippen LogP contribution in [0, 0.1) is 5.41 Å². The second-order valence-corrected chi connectivity index (χ2v) is 9.77. The van der Waals surface area contributed by atoms with Crippen molar-refractivity contribution >= 4 is 12.2 Å². The zero-order valence-electron chi connectivity index (χ0n) is 16.8. The topological polar surface area (TPSA) is 71.1 Å². The molecule has 5 rings (SSSR count). The van der Waals surface area contributed by atoms with Crippen LogP contribution in [0.4, 0.5) is 18.4 Å². The minimum absolute atomic E-state index is 0.200. The van der Waals surface area contributed by atoms with Crippen LogP contribution in [0.2, 0.25) is 0 Å². The number of alkyl halides is 2. The summed E-state index contributed by atoms with van der Waals surface area (Å²) in [5, 5.41) is 2.71. The average Bonchev–Trinajstić information content (AvgIpc) is 3.15. The molecule has 9 heteroatoms. The molecule has 2 amide bonds. The molecule has 5 fully saturated rings. The molecule has 3 spiro atoms. The molecule has 3 saturated heterocycles. The van der Waals surface area contributed by atoms with E-state index in [1.54, 1.807) is 0 Å². The molecule has 0 aromatic carbocycles. The first kappa shape index (κ1) is 19.3. The number of fused-ring (bicyclic) bond motifs is 1. The molecular formula is C20H29F2N3O4. The fourth-order valence-corrected chi connectivity index (χ4v) is 6.52. The van der Waals surface area contributed by atoms with Crippen LogP contribution in [0.5, 0.6) is 0 Å². The lowest BCUT2D eigenvalue weighted by atomic mass is 9.59. The number of halogens is 2. The zero-order valence-corrected chi connectivity index (χ0v) is 16.8. The molecule has 162 valence electrons. The van der Waals surface area contributed by atoms with Gasteiger partial charge in [0.2, 0.25) is 0 Å². The standard InChI is InChI=1S/C20H29F2N3O4/c1-2-28-16(27)25-6-3-17(13-25)9-14(10-17)24-7-4-19(5-8-24)18(23-15(26)29-19)11-20(21,22)12-18/h14H,2-13H2,1H3,(H,23,26). The molecule has 0 atom stereocenters. The lowest BCUT2D eigenvalue weighted by molar-refractivity contribution is -0.188. The van der Waals surface area contributed by atoms with Gasteiger partial charge in [0.05, 0.1) is 12.1 Å². The maximum absolute atomic E-state index is 13.6. The summed E-state index contributed by atoms with van der Waals surface area (Å²) in [7, 11) is 0. The van der Waals surface area contributed by atoms with Crippen molar-refractivity contribution in [1.82, 2.24) is 15.1 Å². The van der Waals surface area contributed by atoms with E-state index in [4.69, 9.17) is 9.47 Å². The van der Waals surface area contributed by atoms with Crippen LogP contribution in [0.1, 0.15) is 51.9 Å². The highest BCUT2D eigenvalue weighted by Gasteiger charge is 2.72. The molecule has 1 N–H and O–H groups in total. The van der Waals surface area contributed by atoms with E-state index in [9.17, 15) is 18.4 Å². The summed E-state index contributed by atoms with van der Waals surface area (Å²) in [6.07, 6.45) is 2.91. The van der Waals surface area contributed by atoms with Crippen LogP contribution < -0.4 is 5.32 Å². The molecule has 3 heterocycles. The molecule has 29 heavy (non-hydrogen) atoms. The third kappa shape index (κ3) is 2.91. The molecule has 0 aromatic heterocycles. The number of nitrogens with zero attached hydrogens (tertiary/aromatic N) is 2. The fraction of sp³-hybridized carbons (Fsp3) is 0.900. The van der Waals surface area contributed by atoms with Gasteiger partial charge in [-0.2, -0.15) is 0 Å². The smallest absolute Gasteiger partial charge is 0.409 e. The summed E-state index contributed by atoms with van der Waals surface area (Å²) in [6.45, 7) is 5.24. The van der Waals surface area contributed by atoms with Crippen molar-refractivity contribution in [1.29, 1.82) is 0 Å². The minimum Gasteiger partial charge on any atom is -0.450 e. The summed E-state index contributed by atoms with van der Waals surface area (Å²) in [4.78, 5) is 28.1. The maximum atomic E-state index is 13.6. The molecule has 0 aromatic rings. The van der Waals surface area contributed by atoms with Gasteiger partial charge in [-0.3, -0.25) is 0 Å². The van der Waals surface area contributed by atoms with Crippen molar-refractivity contribution in [3.63, 3.8) is 0 Å². The molecule has 0 unspecified atom stereocenters. The SMILES string of the molecule is CCOC(=O)N1CCC2(CC(N3CCC4(CC3)OC(=O)NC43CC(F)(F)C3)C2)C1. The molecule has 7 nitrogen and oxygen atoms in total. The normalized spacial score (nSPS) is 31.4. The van der Waals surface area contributed by atoms with E-state index >= 15 is 0 Å². The van der Waals surface area contributed by atoms with E-state index in [1.165, 1.54) is 0 Å². The molecule has 2 aliphatic carbocycles. The third-order valence-corrected chi connectivity index (χ3v) is 8.05. The number of carbonyl (C=O) groups is 2. The van der Waals surface area contributed by atoms with E-state index < -0.39 is 23.2 Å². The number of alkyl carbamates (subject to hydrolysis) is 1. The molecule has 0 bridgehead atoms. The first-order chi connectivity index (χ1) is 13.7. The number of carbonyl (C=O) groups excluding carboxylic acids is 2. The number of hydrogen-bond acceptors (Lipinski definition) is 5. The molecule has 5 aliphatic rings. The minimum atomic E-state index is -2.71. The lowest BCUT2D eigenvalue weighted by Crippen LogP contribution is -2.71. The molecule has 3 aliphatic heterocycles. The number of rotatable bonds is 2. The highest BCUT2D eigenvalue weighted by molar-refractivity contribution is 5.73. The Morgan fingerprint density at radius 3 is 2.52 bits per heavy atom. The van der Waals surface area contributed by atoms with Gasteiger partial charge in [0.25, 0.3) is 5.92 Å². The molecule has 0 radical (unpaired) electrons. The quantitative estimate of drug-likeness (QED) is 0.754. The van der Waals surface area contributed by atoms with Gasteiger partial charge in [-0.15, -0.1) is 0 Å².